The Hall–Kier alpha value is -1.23. The zero-order valence-electron chi connectivity index (χ0n) is 9.54. The molecule has 1 heterocycles. The number of rotatable bonds is 5. The molecule has 0 saturated carbocycles. The fourth-order valence-corrected chi connectivity index (χ4v) is 2.70. The van der Waals surface area contributed by atoms with Crippen molar-refractivity contribution >= 4 is 11.3 Å². The van der Waals surface area contributed by atoms with Gasteiger partial charge in [-0.15, -0.1) is 11.3 Å². The van der Waals surface area contributed by atoms with Gasteiger partial charge in [-0.1, -0.05) is 30.3 Å². The van der Waals surface area contributed by atoms with Crippen LogP contribution in [-0.4, -0.2) is 23.2 Å². The number of aromatic nitrogens is 1. The normalized spacial score (nSPS) is 14.5. The van der Waals surface area contributed by atoms with Crippen molar-refractivity contribution in [1.29, 1.82) is 0 Å². The molecule has 2 rings (SSSR count). The molecule has 90 valence electrons. The Morgan fingerprint density at radius 1 is 1.29 bits per heavy atom. The van der Waals surface area contributed by atoms with Crippen LogP contribution in [0.15, 0.2) is 42.0 Å². The molecule has 17 heavy (non-hydrogen) atoms. The average molecular weight is 248 g/mol. The second-order valence-corrected chi connectivity index (χ2v) is 5.12. The molecule has 4 heteroatoms. The van der Waals surface area contributed by atoms with Gasteiger partial charge in [0.1, 0.15) is 0 Å². The van der Waals surface area contributed by atoms with Crippen LogP contribution in [0, 0.1) is 0 Å². The van der Waals surface area contributed by atoms with Gasteiger partial charge in [-0.25, -0.2) is 0 Å². The van der Waals surface area contributed by atoms with Crippen LogP contribution < -0.4 is 5.73 Å². The van der Waals surface area contributed by atoms with Gasteiger partial charge >= 0.3 is 0 Å². The molecule has 0 aliphatic heterocycles. The minimum atomic E-state index is -0.395. The van der Waals surface area contributed by atoms with Crippen molar-refractivity contribution in [1.82, 2.24) is 4.98 Å². The van der Waals surface area contributed by atoms with E-state index in [2.05, 4.69) is 4.98 Å². The Labute approximate surface area is 105 Å². The Bertz CT molecular complexity index is 438. The summed E-state index contributed by atoms with van der Waals surface area (Å²) in [6, 6.07) is 9.95. The van der Waals surface area contributed by atoms with Gasteiger partial charge in [0.15, 0.2) is 0 Å². The lowest BCUT2D eigenvalue weighted by molar-refractivity contribution is 0.196. The van der Waals surface area contributed by atoms with Crippen molar-refractivity contribution in [2.75, 3.05) is 13.2 Å². The number of thiazole rings is 1. The summed E-state index contributed by atoms with van der Waals surface area (Å²) < 4.78 is 0. The molecule has 0 fully saturated rings. The van der Waals surface area contributed by atoms with Crippen LogP contribution in [0.5, 0.6) is 0 Å². The third kappa shape index (κ3) is 2.54. The smallest absolute Gasteiger partial charge is 0.0794 e. The van der Waals surface area contributed by atoms with Gasteiger partial charge in [0.05, 0.1) is 12.1 Å². The summed E-state index contributed by atoms with van der Waals surface area (Å²) >= 11 is 1.60. The number of hydrogen-bond donors (Lipinski definition) is 2. The van der Waals surface area contributed by atoms with Crippen LogP contribution in [0.4, 0.5) is 0 Å². The highest BCUT2D eigenvalue weighted by Crippen LogP contribution is 2.28. The van der Waals surface area contributed by atoms with Gasteiger partial charge in [0, 0.05) is 23.0 Å². The Kier molecular flexibility index (Phi) is 3.89. The highest BCUT2D eigenvalue weighted by molar-refractivity contribution is 7.09. The first kappa shape index (κ1) is 12.2. The van der Waals surface area contributed by atoms with Gasteiger partial charge in [-0.05, 0) is 12.0 Å². The number of aliphatic hydroxyl groups excluding tert-OH is 1. The molecule has 2 aromatic rings. The average Bonchev–Trinajstić information content (AvgIpc) is 2.90. The van der Waals surface area contributed by atoms with Crippen LogP contribution in [0.1, 0.15) is 10.4 Å². The first-order chi connectivity index (χ1) is 8.30. The summed E-state index contributed by atoms with van der Waals surface area (Å²) in [5.74, 6) is 0. The van der Waals surface area contributed by atoms with E-state index in [0.29, 0.717) is 6.54 Å². The van der Waals surface area contributed by atoms with Crippen LogP contribution in [-0.2, 0) is 11.8 Å². The molecule has 0 amide bonds. The molecule has 0 radical (unpaired) electrons. The number of hydrogen-bond acceptors (Lipinski definition) is 4. The van der Waals surface area contributed by atoms with E-state index in [1.54, 1.807) is 16.8 Å². The lowest BCUT2D eigenvalue weighted by atomic mass is 9.78. The van der Waals surface area contributed by atoms with Crippen molar-refractivity contribution in [3.8, 4) is 0 Å². The van der Waals surface area contributed by atoms with E-state index in [1.165, 1.54) is 0 Å². The Morgan fingerprint density at radius 2 is 2.06 bits per heavy atom. The molecule has 0 aliphatic carbocycles. The molecule has 0 aliphatic rings. The topological polar surface area (TPSA) is 59.1 Å². The maximum absolute atomic E-state index is 9.73. The largest absolute Gasteiger partial charge is 0.395 e. The monoisotopic (exact) mass is 248 g/mol. The first-order valence-electron chi connectivity index (χ1n) is 5.54. The molecule has 0 bridgehead atoms. The molecular weight excluding hydrogens is 232 g/mol. The van der Waals surface area contributed by atoms with Crippen LogP contribution in [0.25, 0.3) is 0 Å². The third-order valence-corrected chi connectivity index (χ3v) is 3.86. The Morgan fingerprint density at radius 3 is 2.59 bits per heavy atom. The van der Waals surface area contributed by atoms with Crippen LogP contribution in [0.3, 0.4) is 0 Å². The van der Waals surface area contributed by atoms with E-state index in [1.807, 2.05) is 36.5 Å². The minimum absolute atomic E-state index is 0.0470. The molecule has 0 spiro atoms. The summed E-state index contributed by atoms with van der Waals surface area (Å²) in [5.41, 5.74) is 8.38. The summed E-state index contributed by atoms with van der Waals surface area (Å²) in [4.78, 5) is 5.21. The summed E-state index contributed by atoms with van der Waals surface area (Å²) in [6.45, 7) is 0.469. The molecule has 1 atom stereocenters. The van der Waals surface area contributed by atoms with Crippen molar-refractivity contribution < 1.29 is 5.11 Å². The molecule has 1 aromatic heterocycles. The van der Waals surface area contributed by atoms with Gasteiger partial charge in [-0.3, -0.25) is 4.98 Å². The van der Waals surface area contributed by atoms with E-state index in [4.69, 9.17) is 5.73 Å². The summed E-state index contributed by atoms with van der Waals surface area (Å²) in [7, 11) is 0. The Balaban J connectivity index is 2.32. The van der Waals surface area contributed by atoms with E-state index in [0.717, 1.165) is 16.9 Å². The summed E-state index contributed by atoms with van der Waals surface area (Å²) in [6.07, 6.45) is 2.57. The third-order valence-electron chi connectivity index (χ3n) is 3.08. The molecule has 1 unspecified atom stereocenters. The maximum Gasteiger partial charge on any atom is 0.0794 e. The first-order valence-corrected chi connectivity index (χ1v) is 6.42. The number of aliphatic hydroxyl groups is 1. The quantitative estimate of drug-likeness (QED) is 0.844. The SMILES string of the molecule is NCC(CO)(Cc1cncs1)c1ccccc1. The number of benzene rings is 1. The lowest BCUT2D eigenvalue weighted by Crippen LogP contribution is -2.40. The predicted octanol–water partition coefficient (Wildman–Crippen LogP) is 1.57. The van der Waals surface area contributed by atoms with Gasteiger partial charge in [0.25, 0.3) is 0 Å². The number of nitrogens with two attached hydrogens (primary N) is 1. The van der Waals surface area contributed by atoms with E-state index < -0.39 is 5.41 Å². The molecular formula is C13H16N2OS. The fourth-order valence-electron chi connectivity index (χ4n) is 1.96. The van der Waals surface area contributed by atoms with E-state index in [-0.39, 0.29) is 6.61 Å². The fraction of sp³-hybridized carbons (Fsp3) is 0.308. The van der Waals surface area contributed by atoms with Crippen molar-refractivity contribution in [3.05, 3.63) is 52.5 Å². The van der Waals surface area contributed by atoms with Gasteiger partial charge in [-0.2, -0.15) is 0 Å². The predicted molar refractivity (Wildman–Crippen MR) is 70.1 cm³/mol. The van der Waals surface area contributed by atoms with Crippen LogP contribution in [0.2, 0.25) is 0 Å². The van der Waals surface area contributed by atoms with Crippen molar-refractivity contribution in [2.24, 2.45) is 5.73 Å². The zero-order chi connectivity index (χ0) is 12.1. The van der Waals surface area contributed by atoms with Crippen molar-refractivity contribution in [3.63, 3.8) is 0 Å². The molecule has 0 saturated heterocycles. The number of nitrogens with zero attached hydrogens (tertiary/aromatic N) is 1. The standard InChI is InChI=1S/C13H16N2OS/c14-8-13(9-16,6-12-7-15-10-17-12)11-4-2-1-3-5-11/h1-5,7,10,16H,6,8-9,14H2. The summed E-state index contributed by atoms with van der Waals surface area (Å²) in [5, 5.41) is 9.73. The van der Waals surface area contributed by atoms with Crippen molar-refractivity contribution in [2.45, 2.75) is 11.8 Å². The molecule has 3 N–H and O–H groups in total. The minimum Gasteiger partial charge on any atom is -0.395 e. The van der Waals surface area contributed by atoms with Gasteiger partial charge in [0.2, 0.25) is 0 Å². The van der Waals surface area contributed by atoms with E-state index >= 15 is 0 Å². The molecule has 3 nitrogen and oxygen atoms in total. The lowest BCUT2D eigenvalue weighted by Gasteiger charge is -2.30. The van der Waals surface area contributed by atoms with E-state index in [9.17, 15) is 5.11 Å². The maximum atomic E-state index is 9.73. The second kappa shape index (κ2) is 5.40. The highest BCUT2D eigenvalue weighted by atomic mass is 32.1. The zero-order valence-corrected chi connectivity index (χ0v) is 10.4. The highest BCUT2D eigenvalue weighted by Gasteiger charge is 2.30. The second-order valence-electron chi connectivity index (χ2n) is 4.15. The van der Waals surface area contributed by atoms with Gasteiger partial charge < -0.3 is 10.8 Å². The molecule has 1 aromatic carbocycles. The van der Waals surface area contributed by atoms with Crippen LogP contribution >= 0.6 is 11.3 Å².